The molecule has 4 nitrogen and oxygen atoms in total. The minimum Gasteiger partial charge on any atom is -0.353 e. The summed E-state index contributed by atoms with van der Waals surface area (Å²) in [5.41, 5.74) is 4.66. The maximum Gasteiger partial charge on any atom is 0.205 e. The summed E-state index contributed by atoms with van der Waals surface area (Å²) in [6, 6.07) is 0.246. The zero-order chi connectivity index (χ0) is 9.97. The Balaban J connectivity index is 2.10. The summed E-state index contributed by atoms with van der Waals surface area (Å²) in [4.78, 5) is 5.46. The first-order valence-corrected chi connectivity index (χ1v) is 5.96. The molecule has 0 bridgehead atoms. The van der Waals surface area contributed by atoms with Crippen molar-refractivity contribution in [3.63, 3.8) is 0 Å². The summed E-state index contributed by atoms with van der Waals surface area (Å²) < 4.78 is 0. The number of rotatable bonds is 3. The predicted octanol–water partition coefficient (Wildman–Crippen LogP) is 2.48. The van der Waals surface area contributed by atoms with E-state index in [0.717, 1.165) is 10.8 Å². The van der Waals surface area contributed by atoms with Gasteiger partial charge in [-0.05, 0) is 13.8 Å². The number of aryl methyl sites for hydroxylation is 1. The Kier molecular flexibility index (Phi) is 2.74. The van der Waals surface area contributed by atoms with E-state index in [-0.39, 0.29) is 6.04 Å². The topological polar surface area (TPSA) is 50.7 Å². The molecule has 0 saturated carbocycles. The van der Waals surface area contributed by atoms with Gasteiger partial charge in [0.15, 0.2) is 0 Å². The van der Waals surface area contributed by atoms with Gasteiger partial charge in [-0.3, -0.25) is 0 Å². The molecule has 0 fully saturated rings. The lowest BCUT2D eigenvalue weighted by Gasteiger charge is -2.10. The van der Waals surface area contributed by atoms with E-state index in [9.17, 15) is 0 Å². The third-order valence-electron chi connectivity index (χ3n) is 1.88. The molecular weight excluding hydrogens is 216 g/mol. The molecule has 1 atom stereocenters. The van der Waals surface area contributed by atoms with Gasteiger partial charge in [0.05, 0.1) is 17.2 Å². The van der Waals surface area contributed by atoms with Gasteiger partial charge >= 0.3 is 0 Å². The monoisotopic (exact) mass is 226 g/mol. The fraction of sp³-hybridized carbons (Fsp3) is 0.375. The Morgan fingerprint density at radius 3 is 2.79 bits per heavy atom. The van der Waals surface area contributed by atoms with Crippen molar-refractivity contribution in [2.24, 2.45) is 0 Å². The van der Waals surface area contributed by atoms with Crippen LogP contribution in [0, 0.1) is 6.92 Å². The van der Waals surface area contributed by atoms with Crippen LogP contribution in [-0.4, -0.2) is 15.2 Å². The van der Waals surface area contributed by atoms with E-state index in [4.69, 9.17) is 0 Å². The molecule has 0 aliphatic heterocycles. The molecule has 0 aliphatic carbocycles. The Bertz CT molecular complexity index is 395. The average molecular weight is 226 g/mol. The van der Waals surface area contributed by atoms with Crippen molar-refractivity contribution in [3.8, 4) is 0 Å². The largest absolute Gasteiger partial charge is 0.353 e. The molecule has 1 N–H and O–H groups in total. The second-order valence-electron chi connectivity index (χ2n) is 2.91. The van der Waals surface area contributed by atoms with Gasteiger partial charge in [0.2, 0.25) is 5.13 Å². The molecule has 0 aliphatic rings. The number of aromatic nitrogens is 3. The third-order valence-corrected chi connectivity index (χ3v) is 3.61. The van der Waals surface area contributed by atoms with Gasteiger partial charge in [0.25, 0.3) is 0 Å². The molecule has 2 aromatic heterocycles. The minimum absolute atomic E-state index is 0.246. The number of hydrogen-bond acceptors (Lipinski definition) is 6. The van der Waals surface area contributed by atoms with Crippen molar-refractivity contribution in [2.45, 2.75) is 19.9 Å². The van der Waals surface area contributed by atoms with Crippen molar-refractivity contribution in [2.75, 3.05) is 5.32 Å². The molecule has 74 valence electrons. The van der Waals surface area contributed by atoms with Crippen LogP contribution < -0.4 is 5.32 Å². The van der Waals surface area contributed by atoms with Crippen molar-refractivity contribution < 1.29 is 0 Å². The molecule has 0 amide bonds. The van der Waals surface area contributed by atoms with Gasteiger partial charge in [-0.15, -0.1) is 21.5 Å². The maximum atomic E-state index is 4.21. The minimum atomic E-state index is 0.246. The lowest BCUT2D eigenvalue weighted by Crippen LogP contribution is -2.05. The zero-order valence-corrected chi connectivity index (χ0v) is 9.52. The Labute approximate surface area is 90.0 Å². The molecule has 2 heterocycles. The molecule has 0 aromatic carbocycles. The van der Waals surface area contributed by atoms with Crippen LogP contribution in [0.25, 0.3) is 0 Å². The standard InChI is InChI=1S/C8H10N4S2/c1-5-7(13-3-9-5)6(2)11-8-12-10-4-14-8/h3-4,6H,1-2H3,(H,11,12). The second-order valence-corrected chi connectivity index (χ2v) is 4.63. The molecule has 2 rings (SSSR count). The van der Waals surface area contributed by atoms with E-state index in [1.807, 2.05) is 12.4 Å². The molecule has 6 heteroatoms. The number of anilines is 1. The second kappa shape index (κ2) is 4.02. The molecular formula is C8H10N4S2. The van der Waals surface area contributed by atoms with Crippen molar-refractivity contribution in [1.82, 2.24) is 15.2 Å². The van der Waals surface area contributed by atoms with Crippen LogP contribution >= 0.6 is 22.7 Å². The van der Waals surface area contributed by atoms with E-state index >= 15 is 0 Å². The summed E-state index contributed by atoms with van der Waals surface area (Å²) in [6.07, 6.45) is 0. The van der Waals surface area contributed by atoms with Gasteiger partial charge in [-0.2, -0.15) is 0 Å². The van der Waals surface area contributed by atoms with Gasteiger partial charge in [-0.1, -0.05) is 11.3 Å². The van der Waals surface area contributed by atoms with Crippen molar-refractivity contribution in [3.05, 3.63) is 21.6 Å². The smallest absolute Gasteiger partial charge is 0.205 e. The van der Waals surface area contributed by atoms with Crippen molar-refractivity contribution in [1.29, 1.82) is 0 Å². The first-order valence-electron chi connectivity index (χ1n) is 4.20. The summed E-state index contributed by atoms with van der Waals surface area (Å²) >= 11 is 3.17. The van der Waals surface area contributed by atoms with Gasteiger partial charge in [0.1, 0.15) is 5.51 Å². The van der Waals surface area contributed by atoms with Gasteiger partial charge in [-0.25, -0.2) is 4.98 Å². The number of thiazole rings is 1. The highest BCUT2D eigenvalue weighted by atomic mass is 32.1. The van der Waals surface area contributed by atoms with Crippen LogP contribution in [0.3, 0.4) is 0 Å². The Morgan fingerprint density at radius 2 is 2.21 bits per heavy atom. The predicted molar refractivity (Wildman–Crippen MR) is 58.8 cm³/mol. The quantitative estimate of drug-likeness (QED) is 0.873. The Hall–Kier alpha value is -1.01. The maximum absolute atomic E-state index is 4.21. The van der Waals surface area contributed by atoms with Crippen LogP contribution in [0.4, 0.5) is 5.13 Å². The number of nitrogens with one attached hydrogen (secondary N) is 1. The number of hydrogen-bond donors (Lipinski definition) is 1. The van der Waals surface area contributed by atoms with E-state index < -0.39 is 0 Å². The van der Waals surface area contributed by atoms with Gasteiger partial charge < -0.3 is 5.32 Å². The fourth-order valence-electron chi connectivity index (χ4n) is 1.21. The molecule has 0 saturated heterocycles. The third kappa shape index (κ3) is 1.91. The lowest BCUT2D eigenvalue weighted by atomic mass is 10.2. The SMILES string of the molecule is Cc1ncsc1C(C)Nc1nncs1. The zero-order valence-electron chi connectivity index (χ0n) is 7.89. The van der Waals surface area contributed by atoms with Crippen LogP contribution in [0.5, 0.6) is 0 Å². The van der Waals surface area contributed by atoms with Crippen molar-refractivity contribution >= 4 is 27.8 Å². The van der Waals surface area contributed by atoms with E-state index in [1.165, 1.54) is 16.2 Å². The Morgan fingerprint density at radius 1 is 1.36 bits per heavy atom. The van der Waals surface area contributed by atoms with Crippen LogP contribution in [0.15, 0.2) is 11.0 Å². The summed E-state index contributed by atoms with van der Waals surface area (Å²) in [6.45, 7) is 4.12. The highest BCUT2D eigenvalue weighted by Crippen LogP contribution is 2.25. The lowest BCUT2D eigenvalue weighted by molar-refractivity contribution is 0.879. The fourth-order valence-corrected chi connectivity index (χ4v) is 2.56. The van der Waals surface area contributed by atoms with E-state index in [2.05, 4.69) is 27.4 Å². The highest BCUT2D eigenvalue weighted by molar-refractivity contribution is 7.13. The summed E-state index contributed by atoms with van der Waals surface area (Å²) in [5, 5.41) is 11.8. The molecule has 0 radical (unpaired) electrons. The molecule has 1 unspecified atom stereocenters. The van der Waals surface area contributed by atoms with E-state index in [0.29, 0.717) is 0 Å². The summed E-state index contributed by atoms with van der Waals surface area (Å²) in [7, 11) is 0. The normalized spacial score (nSPS) is 12.7. The van der Waals surface area contributed by atoms with Crippen LogP contribution in [-0.2, 0) is 0 Å². The van der Waals surface area contributed by atoms with Crippen LogP contribution in [0.1, 0.15) is 23.5 Å². The molecule has 2 aromatic rings. The first kappa shape index (κ1) is 9.54. The molecule has 0 spiro atoms. The van der Waals surface area contributed by atoms with E-state index in [1.54, 1.807) is 16.8 Å². The first-order chi connectivity index (χ1) is 6.77. The van der Waals surface area contributed by atoms with Crippen LogP contribution in [0.2, 0.25) is 0 Å². The number of nitrogens with zero attached hydrogens (tertiary/aromatic N) is 3. The highest BCUT2D eigenvalue weighted by Gasteiger charge is 2.11. The van der Waals surface area contributed by atoms with Gasteiger partial charge in [0, 0.05) is 4.88 Å². The summed E-state index contributed by atoms with van der Waals surface area (Å²) in [5.74, 6) is 0. The average Bonchev–Trinajstić information content (AvgIpc) is 2.75. The molecule has 14 heavy (non-hydrogen) atoms.